The maximum absolute atomic E-state index is 8.81. The topological polar surface area (TPSA) is 95.1 Å². The Kier molecular flexibility index (Phi) is 5.48. The quantitative estimate of drug-likeness (QED) is 0.676. The Hall–Kier alpha value is -3.48. The number of ether oxygens (including phenoxy) is 1. The zero-order valence-electron chi connectivity index (χ0n) is 17.2. The van der Waals surface area contributed by atoms with E-state index < -0.39 is 0 Å². The lowest BCUT2D eigenvalue weighted by Crippen LogP contribution is -2.44. The molecule has 2 fully saturated rings. The molecule has 2 saturated heterocycles. The third-order valence-electron chi connectivity index (χ3n) is 5.84. The Balaban J connectivity index is 1.22. The van der Waals surface area contributed by atoms with Crippen LogP contribution in [0.4, 0.5) is 17.3 Å². The van der Waals surface area contributed by atoms with E-state index in [0.717, 1.165) is 45.1 Å². The van der Waals surface area contributed by atoms with Crippen molar-refractivity contribution in [3.63, 3.8) is 0 Å². The number of imidazole rings is 1. The van der Waals surface area contributed by atoms with Crippen molar-refractivity contribution in [2.24, 2.45) is 0 Å². The number of rotatable bonds is 5. The molecule has 3 aromatic rings. The van der Waals surface area contributed by atoms with Crippen LogP contribution in [0.25, 0.3) is 5.69 Å². The molecule has 9 nitrogen and oxygen atoms in total. The molecule has 1 N–H and O–H groups in total. The monoisotopic (exact) mass is 416 g/mol. The minimum Gasteiger partial charge on any atom is -0.379 e. The van der Waals surface area contributed by atoms with Crippen molar-refractivity contribution in [2.45, 2.75) is 12.5 Å². The van der Waals surface area contributed by atoms with Crippen molar-refractivity contribution in [1.29, 1.82) is 5.26 Å². The largest absolute Gasteiger partial charge is 0.379 e. The Bertz CT molecular complexity index is 1050. The van der Waals surface area contributed by atoms with E-state index in [1.165, 1.54) is 24.5 Å². The van der Waals surface area contributed by atoms with E-state index in [-0.39, 0.29) is 5.69 Å². The summed E-state index contributed by atoms with van der Waals surface area (Å²) in [5.74, 6) is 1.21. The van der Waals surface area contributed by atoms with E-state index in [0.29, 0.717) is 17.7 Å². The molecule has 1 aromatic carbocycles. The normalized spacial score (nSPS) is 19.3. The number of nitriles is 1. The summed E-state index contributed by atoms with van der Waals surface area (Å²) in [4.78, 5) is 17.6. The molecule has 2 aromatic heterocycles. The fourth-order valence-corrected chi connectivity index (χ4v) is 4.16. The van der Waals surface area contributed by atoms with Crippen LogP contribution >= 0.6 is 0 Å². The van der Waals surface area contributed by atoms with E-state index in [1.807, 2.05) is 16.8 Å². The summed E-state index contributed by atoms with van der Waals surface area (Å²) in [5.41, 5.74) is 2.58. The SMILES string of the molecule is N#Cc1cnc(Nc2cn(-c3ccc(N4CCC(N5CCOCC5)C4)cc3)cn2)cn1. The molecule has 9 heteroatoms. The third kappa shape index (κ3) is 4.35. The molecule has 0 radical (unpaired) electrons. The van der Waals surface area contributed by atoms with Crippen LogP contribution in [0, 0.1) is 11.3 Å². The fourth-order valence-electron chi connectivity index (χ4n) is 4.16. The molecule has 2 aliphatic rings. The highest BCUT2D eigenvalue weighted by atomic mass is 16.5. The van der Waals surface area contributed by atoms with Crippen molar-refractivity contribution in [1.82, 2.24) is 24.4 Å². The van der Waals surface area contributed by atoms with Gasteiger partial charge in [0.25, 0.3) is 0 Å². The highest BCUT2D eigenvalue weighted by Crippen LogP contribution is 2.25. The predicted octanol–water partition coefficient (Wildman–Crippen LogP) is 2.19. The van der Waals surface area contributed by atoms with E-state index >= 15 is 0 Å². The zero-order valence-corrected chi connectivity index (χ0v) is 17.2. The van der Waals surface area contributed by atoms with Gasteiger partial charge in [-0.25, -0.2) is 15.0 Å². The summed E-state index contributed by atoms with van der Waals surface area (Å²) in [5, 5.41) is 11.9. The average molecular weight is 416 g/mol. The average Bonchev–Trinajstić information content (AvgIpc) is 3.51. The van der Waals surface area contributed by atoms with E-state index in [1.54, 1.807) is 6.33 Å². The first-order valence-electron chi connectivity index (χ1n) is 10.5. The van der Waals surface area contributed by atoms with Gasteiger partial charge in [0.05, 0.1) is 31.8 Å². The second kappa shape index (κ2) is 8.71. The Morgan fingerprint density at radius 2 is 1.77 bits per heavy atom. The molecule has 4 heterocycles. The van der Waals surface area contributed by atoms with Gasteiger partial charge in [-0.05, 0) is 30.7 Å². The van der Waals surface area contributed by atoms with Crippen LogP contribution in [-0.4, -0.2) is 69.9 Å². The number of anilines is 3. The van der Waals surface area contributed by atoms with Crippen LogP contribution in [0.1, 0.15) is 12.1 Å². The first-order chi connectivity index (χ1) is 15.3. The minimum absolute atomic E-state index is 0.283. The molecule has 31 heavy (non-hydrogen) atoms. The summed E-state index contributed by atoms with van der Waals surface area (Å²) < 4.78 is 7.45. The lowest BCUT2D eigenvalue weighted by Gasteiger charge is -2.32. The second-order valence-corrected chi connectivity index (χ2v) is 7.74. The van der Waals surface area contributed by atoms with E-state index in [2.05, 4.69) is 54.3 Å². The molecular weight excluding hydrogens is 392 g/mol. The van der Waals surface area contributed by atoms with Gasteiger partial charge in [0.2, 0.25) is 0 Å². The molecule has 0 bridgehead atoms. The van der Waals surface area contributed by atoms with Gasteiger partial charge in [-0.3, -0.25) is 4.90 Å². The number of aromatic nitrogens is 4. The van der Waals surface area contributed by atoms with Crippen molar-refractivity contribution in [3.05, 3.63) is 54.9 Å². The molecule has 1 atom stereocenters. The molecular formula is C22H24N8O. The number of morpholine rings is 1. The lowest BCUT2D eigenvalue weighted by molar-refractivity contribution is 0.0209. The first-order valence-corrected chi connectivity index (χ1v) is 10.5. The van der Waals surface area contributed by atoms with Gasteiger partial charge in [-0.2, -0.15) is 5.26 Å². The molecule has 2 aliphatic heterocycles. The number of nitrogens with one attached hydrogen (secondary N) is 1. The maximum Gasteiger partial charge on any atom is 0.158 e. The van der Waals surface area contributed by atoms with Gasteiger partial charge in [-0.1, -0.05) is 0 Å². The highest BCUT2D eigenvalue weighted by Gasteiger charge is 2.28. The van der Waals surface area contributed by atoms with Gasteiger partial charge >= 0.3 is 0 Å². The third-order valence-corrected chi connectivity index (χ3v) is 5.84. The van der Waals surface area contributed by atoms with E-state index in [4.69, 9.17) is 10.00 Å². The standard InChI is InChI=1S/C22H24N8O/c23-11-17-12-25-21(13-24-17)27-22-15-30(16-26-22)19-3-1-18(2-4-19)29-6-5-20(14-29)28-7-9-31-10-8-28/h1-4,12-13,15-16,20H,5-10,14H2,(H,25,27). The molecule has 0 aliphatic carbocycles. The molecule has 1 unspecified atom stereocenters. The molecule has 0 saturated carbocycles. The Morgan fingerprint density at radius 3 is 2.52 bits per heavy atom. The summed E-state index contributed by atoms with van der Waals surface area (Å²) >= 11 is 0. The Labute approximate surface area is 180 Å². The van der Waals surface area contributed by atoms with Gasteiger partial charge in [0.15, 0.2) is 5.69 Å². The predicted molar refractivity (Wildman–Crippen MR) is 117 cm³/mol. The summed E-state index contributed by atoms with van der Waals surface area (Å²) in [7, 11) is 0. The fraction of sp³-hybridized carbons (Fsp3) is 0.364. The minimum atomic E-state index is 0.283. The molecule has 158 valence electrons. The molecule has 5 rings (SSSR count). The number of hydrogen-bond donors (Lipinski definition) is 1. The van der Waals surface area contributed by atoms with Crippen molar-refractivity contribution in [3.8, 4) is 11.8 Å². The maximum atomic E-state index is 8.81. The van der Waals surface area contributed by atoms with Crippen molar-refractivity contribution in [2.75, 3.05) is 49.6 Å². The number of nitrogens with zero attached hydrogens (tertiary/aromatic N) is 7. The zero-order chi connectivity index (χ0) is 21.0. The van der Waals surface area contributed by atoms with Crippen LogP contribution in [-0.2, 0) is 4.74 Å². The van der Waals surface area contributed by atoms with Gasteiger partial charge in [-0.15, -0.1) is 0 Å². The van der Waals surface area contributed by atoms with Crippen molar-refractivity contribution < 1.29 is 4.74 Å². The van der Waals surface area contributed by atoms with Crippen LogP contribution in [0.3, 0.4) is 0 Å². The van der Waals surface area contributed by atoms with Gasteiger partial charge < -0.3 is 19.5 Å². The number of hydrogen-bond acceptors (Lipinski definition) is 8. The summed E-state index contributed by atoms with van der Waals surface area (Å²) in [6.45, 7) is 5.96. The first kappa shape index (κ1) is 19.5. The lowest BCUT2D eigenvalue weighted by atomic mass is 10.2. The highest BCUT2D eigenvalue weighted by molar-refractivity contribution is 5.54. The van der Waals surface area contributed by atoms with Gasteiger partial charge in [0, 0.05) is 43.6 Å². The van der Waals surface area contributed by atoms with Crippen LogP contribution in [0.5, 0.6) is 0 Å². The summed E-state index contributed by atoms with van der Waals surface area (Å²) in [6.07, 6.45) is 7.82. The second-order valence-electron chi connectivity index (χ2n) is 7.74. The van der Waals surface area contributed by atoms with Crippen LogP contribution in [0.2, 0.25) is 0 Å². The van der Waals surface area contributed by atoms with Crippen LogP contribution in [0.15, 0.2) is 49.2 Å². The number of benzene rings is 1. The molecule has 0 spiro atoms. The molecule has 0 amide bonds. The smallest absolute Gasteiger partial charge is 0.158 e. The van der Waals surface area contributed by atoms with Gasteiger partial charge in [0.1, 0.15) is 24.0 Å². The summed E-state index contributed by atoms with van der Waals surface area (Å²) in [6, 6.07) is 11.2. The Morgan fingerprint density at radius 1 is 0.968 bits per heavy atom. The van der Waals surface area contributed by atoms with Crippen LogP contribution < -0.4 is 10.2 Å². The van der Waals surface area contributed by atoms with E-state index in [9.17, 15) is 0 Å². The van der Waals surface area contributed by atoms with Crippen molar-refractivity contribution >= 4 is 17.3 Å².